The van der Waals surface area contributed by atoms with E-state index >= 15 is 0 Å². The van der Waals surface area contributed by atoms with Gasteiger partial charge in [-0.3, -0.25) is 0 Å². The van der Waals surface area contributed by atoms with Crippen molar-refractivity contribution in [2.75, 3.05) is 0 Å². The first kappa shape index (κ1) is 18.8. The van der Waals surface area contributed by atoms with E-state index in [1.807, 2.05) is 30.3 Å². The first-order valence-electron chi connectivity index (χ1n) is 11.2. The van der Waals surface area contributed by atoms with E-state index < -0.39 is 0 Å². The molecule has 0 saturated carbocycles. The van der Waals surface area contributed by atoms with Gasteiger partial charge in [-0.25, -0.2) is 4.79 Å². The van der Waals surface area contributed by atoms with Gasteiger partial charge >= 0.3 is 5.97 Å². The van der Waals surface area contributed by atoms with Gasteiger partial charge in [0.2, 0.25) is 0 Å². The maximum atomic E-state index is 12.2. The molecule has 2 saturated heterocycles. The number of rotatable bonds is 6. The Morgan fingerprint density at radius 1 is 0.926 bits per heavy atom. The number of hydrogen-bond donors (Lipinski definition) is 0. The molecule has 0 aromatic heterocycles. The lowest BCUT2D eigenvalue weighted by molar-refractivity contribution is 0.0359. The lowest BCUT2D eigenvalue weighted by Crippen LogP contribution is -2.34. The summed E-state index contributed by atoms with van der Waals surface area (Å²) < 4.78 is 5.65. The third-order valence-corrected chi connectivity index (χ3v) is 7.31. The minimum absolute atomic E-state index is 0.0494. The second-order valence-corrected chi connectivity index (χ2v) is 9.01. The molecule has 0 N–H and O–H groups in total. The third kappa shape index (κ3) is 4.86. The molecule has 27 heavy (non-hydrogen) atoms. The maximum absolute atomic E-state index is 12.2. The highest BCUT2D eigenvalue weighted by atomic mass is 16.5. The molecule has 1 aromatic carbocycles. The van der Waals surface area contributed by atoms with Crippen molar-refractivity contribution in [1.82, 2.24) is 0 Å². The fourth-order valence-corrected chi connectivity index (χ4v) is 5.87. The van der Waals surface area contributed by atoms with E-state index in [1.54, 1.807) is 0 Å². The van der Waals surface area contributed by atoms with Crippen molar-refractivity contribution in [2.24, 2.45) is 5.92 Å². The first-order chi connectivity index (χ1) is 13.3. The molecule has 0 radical (unpaired) electrons. The van der Waals surface area contributed by atoms with Gasteiger partial charge in [0.25, 0.3) is 0 Å². The second kappa shape index (κ2) is 9.12. The van der Waals surface area contributed by atoms with Crippen LogP contribution in [0.3, 0.4) is 0 Å². The van der Waals surface area contributed by atoms with E-state index in [1.165, 1.54) is 57.7 Å². The SMILES string of the molecule is O=C(O[C@@H]1C=C[C@@H](CCCB2C3CCCC2CCC3)CC1)c1ccccc1. The maximum Gasteiger partial charge on any atom is 0.338 e. The van der Waals surface area contributed by atoms with Crippen LogP contribution in [0.4, 0.5) is 0 Å². The van der Waals surface area contributed by atoms with E-state index in [0.29, 0.717) is 11.5 Å². The van der Waals surface area contributed by atoms with Gasteiger partial charge in [0, 0.05) is 0 Å². The topological polar surface area (TPSA) is 26.3 Å². The standard InChI is InChI=1S/C24H33BO2/c26-24(20-8-2-1-3-9-20)27-23-16-14-19(15-17-23)7-6-18-25-21-10-4-11-22(25)13-5-12-21/h1-3,8-9,14,16,19,21-23H,4-7,10-13,15,17-18H2/t19-,21?,22?,23-/m1/s1. The van der Waals surface area contributed by atoms with Gasteiger partial charge < -0.3 is 4.74 Å². The van der Waals surface area contributed by atoms with Crippen LogP contribution in [0.5, 0.6) is 0 Å². The zero-order chi connectivity index (χ0) is 18.5. The average molecular weight is 364 g/mol. The van der Waals surface area contributed by atoms with Gasteiger partial charge in [0.1, 0.15) is 12.8 Å². The van der Waals surface area contributed by atoms with Crippen LogP contribution in [-0.4, -0.2) is 18.8 Å². The predicted octanol–water partition coefficient (Wildman–Crippen LogP) is 6.56. The van der Waals surface area contributed by atoms with E-state index in [4.69, 9.17) is 4.74 Å². The third-order valence-electron chi connectivity index (χ3n) is 7.31. The number of benzene rings is 1. The summed E-state index contributed by atoms with van der Waals surface area (Å²) >= 11 is 0. The zero-order valence-electron chi connectivity index (χ0n) is 16.5. The van der Waals surface area contributed by atoms with Gasteiger partial charge in [-0.05, 0) is 43.4 Å². The largest absolute Gasteiger partial charge is 0.455 e. The van der Waals surface area contributed by atoms with E-state index in [-0.39, 0.29) is 12.1 Å². The van der Waals surface area contributed by atoms with Gasteiger partial charge in [-0.15, -0.1) is 0 Å². The van der Waals surface area contributed by atoms with Crippen LogP contribution in [0.15, 0.2) is 42.5 Å². The molecule has 2 nitrogen and oxygen atoms in total. The number of esters is 1. The van der Waals surface area contributed by atoms with E-state index in [2.05, 4.69) is 12.2 Å². The van der Waals surface area contributed by atoms with Crippen molar-refractivity contribution in [3.63, 3.8) is 0 Å². The summed E-state index contributed by atoms with van der Waals surface area (Å²) in [6.07, 6.45) is 19.6. The first-order valence-corrected chi connectivity index (χ1v) is 11.2. The summed E-state index contributed by atoms with van der Waals surface area (Å²) in [6, 6.07) is 9.31. The molecule has 2 heterocycles. The van der Waals surface area contributed by atoms with Gasteiger partial charge in [-0.1, -0.05) is 87.2 Å². The Labute approximate surface area is 164 Å². The Hall–Kier alpha value is -1.51. The van der Waals surface area contributed by atoms with E-state index in [0.717, 1.165) is 31.2 Å². The minimum atomic E-state index is -0.201. The highest BCUT2D eigenvalue weighted by molar-refractivity contribution is 6.62. The summed E-state index contributed by atoms with van der Waals surface area (Å²) in [4.78, 5) is 12.2. The Morgan fingerprint density at radius 3 is 2.26 bits per heavy atom. The number of hydrogen-bond acceptors (Lipinski definition) is 2. The number of ether oxygens (including phenoxy) is 1. The Kier molecular flexibility index (Phi) is 6.37. The summed E-state index contributed by atoms with van der Waals surface area (Å²) in [7, 11) is 0. The molecule has 0 unspecified atom stereocenters. The van der Waals surface area contributed by atoms with Crippen LogP contribution in [0, 0.1) is 5.92 Å². The van der Waals surface area contributed by atoms with Crippen molar-refractivity contribution in [3.8, 4) is 0 Å². The molecule has 2 bridgehead atoms. The van der Waals surface area contributed by atoms with E-state index in [9.17, 15) is 4.79 Å². The van der Waals surface area contributed by atoms with Gasteiger partial charge in [0.15, 0.2) is 0 Å². The number of fused-ring (bicyclic) bond motifs is 2. The normalized spacial score (nSPS) is 30.1. The van der Waals surface area contributed by atoms with Gasteiger partial charge in [0.05, 0.1) is 5.56 Å². The average Bonchev–Trinajstić information content (AvgIpc) is 2.70. The lowest BCUT2D eigenvalue weighted by atomic mass is 9.25. The van der Waals surface area contributed by atoms with Crippen molar-refractivity contribution >= 4 is 12.7 Å². The molecule has 144 valence electrons. The minimum Gasteiger partial charge on any atom is -0.455 e. The van der Waals surface area contributed by atoms with Gasteiger partial charge in [-0.2, -0.15) is 0 Å². The fraction of sp³-hybridized carbons (Fsp3) is 0.625. The Balaban J connectivity index is 1.20. The summed E-state index contributed by atoms with van der Waals surface area (Å²) in [5.41, 5.74) is 0.644. The van der Waals surface area contributed by atoms with Crippen LogP contribution < -0.4 is 0 Å². The number of allylic oxidation sites excluding steroid dienone is 1. The van der Waals surface area contributed by atoms with Crippen molar-refractivity contribution in [2.45, 2.75) is 88.3 Å². The molecule has 2 atom stereocenters. The molecule has 2 fully saturated rings. The molecular weight excluding hydrogens is 331 g/mol. The molecule has 1 aromatic rings. The zero-order valence-corrected chi connectivity index (χ0v) is 16.5. The molecule has 0 spiro atoms. The number of carbonyl (C=O) groups excluding carboxylic acids is 1. The highest BCUT2D eigenvalue weighted by Gasteiger charge is 2.38. The molecule has 3 heteroatoms. The molecule has 0 amide bonds. The second-order valence-electron chi connectivity index (χ2n) is 9.01. The lowest BCUT2D eigenvalue weighted by Gasteiger charge is -2.40. The van der Waals surface area contributed by atoms with Crippen molar-refractivity contribution in [3.05, 3.63) is 48.0 Å². The predicted molar refractivity (Wildman–Crippen MR) is 113 cm³/mol. The van der Waals surface area contributed by atoms with Crippen LogP contribution in [0.2, 0.25) is 18.0 Å². The molecule has 4 rings (SSSR count). The summed E-state index contributed by atoms with van der Waals surface area (Å²) in [5, 5.41) is 0. The smallest absolute Gasteiger partial charge is 0.338 e. The summed E-state index contributed by atoms with van der Waals surface area (Å²) in [5.74, 6) is 2.56. The van der Waals surface area contributed by atoms with Crippen molar-refractivity contribution < 1.29 is 9.53 Å². The highest BCUT2D eigenvalue weighted by Crippen LogP contribution is 2.48. The summed E-state index contributed by atoms with van der Waals surface area (Å²) in [6.45, 7) is 1.03. The van der Waals surface area contributed by atoms with Crippen LogP contribution in [0.1, 0.15) is 74.6 Å². The number of carbonyl (C=O) groups is 1. The van der Waals surface area contributed by atoms with Crippen LogP contribution in [0.25, 0.3) is 0 Å². The van der Waals surface area contributed by atoms with Crippen LogP contribution >= 0.6 is 0 Å². The fourth-order valence-electron chi connectivity index (χ4n) is 5.87. The monoisotopic (exact) mass is 364 g/mol. The van der Waals surface area contributed by atoms with Crippen molar-refractivity contribution in [1.29, 1.82) is 0 Å². The Bertz CT molecular complexity index is 619. The quantitative estimate of drug-likeness (QED) is 0.324. The van der Waals surface area contributed by atoms with Crippen LogP contribution in [-0.2, 0) is 4.74 Å². The Morgan fingerprint density at radius 2 is 1.63 bits per heavy atom. The molecule has 3 aliphatic rings. The molecule has 2 aliphatic heterocycles. The molecular formula is C24H33BO2. The molecule has 1 aliphatic carbocycles.